The van der Waals surface area contributed by atoms with Gasteiger partial charge in [0.15, 0.2) is 0 Å². The van der Waals surface area contributed by atoms with Crippen LogP contribution in [0.5, 0.6) is 0 Å². The molecule has 96 valence electrons. The van der Waals surface area contributed by atoms with Gasteiger partial charge < -0.3 is 10.6 Å². The summed E-state index contributed by atoms with van der Waals surface area (Å²) in [6, 6.07) is 10.1. The number of rotatable bonds is 3. The highest BCUT2D eigenvalue weighted by atomic mass is 16.2. The lowest BCUT2D eigenvalue weighted by Crippen LogP contribution is -2.21. The lowest BCUT2D eigenvalue weighted by molar-refractivity contribution is 0.0964. The Morgan fingerprint density at radius 2 is 1.68 bits per heavy atom. The van der Waals surface area contributed by atoms with Gasteiger partial charge in [0.2, 0.25) is 0 Å². The first-order valence-electron chi connectivity index (χ1n) is 5.75. The van der Waals surface area contributed by atoms with Crippen molar-refractivity contribution in [3.8, 4) is 0 Å². The monoisotopic (exact) mass is 255 g/mol. The molecule has 0 atom stereocenters. The SMILES string of the molecule is CNC(=O)c1ccccc1NC(=O)c1ccncc1. The molecule has 1 aromatic carbocycles. The third kappa shape index (κ3) is 2.95. The van der Waals surface area contributed by atoms with Gasteiger partial charge in [0.25, 0.3) is 11.8 Å². The van der Waals surface area contributed by atoms with E-state index >= 15 is 0 Å². The summed E-state index contributed by atoms with van der Waals surface area (Å²) < 4.78 is 0. The van der Waals surface area contributed by atoms with Gasteiger partial charge in [-0.15, -0.1) is 0 Å². The average Bonchev–Trinajstić information content (AvgIpc) is 2.48. The summed E-state index contributed by atoms with van der Waals surface area (Å²) in [6.07, 6.45) is 3.08. The Bertz CT molecular complexity index is 597. The summed E-state index contributed by atoms with van der Waals surface area (Å²) in [4.78, 5) is 27.5. The third-order valence-corrected chi connectivity index (χ3v) is 2.59. The lowest BCUT2D eigenvalue weighted by atomic mass is 10.1. The zero-order valence-electron chi connectivity index (χ0n) is 10.4. The smallest absolute Gasteiger partial charge is 0.255 e. The first-order chi connectivity index (χ1) is 9.22. The molecule has 5 heteroatoms. The maximum absolute atomic E-state index is 12.0. The minimum atomic E-state index is -0.279. The second-order valence-corrected chi connectivity index (χ2v) is 3.81. The summed E-state index contributed by atoms with van der Waals surface area (Å²) >= 11 is 0. The molecule has 0 aliphatic heterocycles. The van der Waals surface area contributed by atoms with Crippen LogP contribution in [0, 0.1) is 0 Å². The van der Waals surface area contributed by atoms with Gasteiger partial charge in [-0.25, -0.2) is 0 Å². The van der Waals surface area contributed by atoms with Crippen LogP contribution in [-0.4, -0.2) is 23.8 Å². The van der Waals surface area contributed by atoms with Gasteiger partial charge >= 0.3 is 0 Å². The van der Waals surface area contributed by atoms with Crippen molar-refractivity contribution in [1.29, 1.82) is 0 Å². The predicted octanol–water partition coefficient (Wildman–Crippen LogP) is 1.69. The molecule has 5 nitrogen and oxygen atoms in total. The normalized spacial score (nSPS) is 9.74. The van der Waals surface area contributed by atoms with Crippen LogP contribution in [0.15, 0.2) is 48.8 Å². The van der Waals surface area contributed by atoms with Crippen LogP contribution in [0.2, 0.25) is 0 Å². The second-order valence-electron chi connectivity index (χ2n) is 3.81. The number of anilines is 1. The fraction of sp³-hybridized carbons (Fsp3) is 0.0714. The molecule has 0 spiro atoms. The zero-order chi connectivity index (χ0) is 13.7. The quantitative estimate of drug-likeness (QED) is 0.876. The molecule has 0 fully saturated rings. The van der Waals surface area contributed by atoms with E-state index in [0.717, 1.165) is 0 Å². The number of pyridine rings is 1. The Labute approximate surface area is 110 Å². The molecule has 2 rings (SSSR count). The number of nitrogens with one attached hydrogen (secondary N) is 2. The largest absolute Gasteiger partial charge is 0.355 e. The van der Waals surface area contributed by atoms with Crippen LogP contribution in [-0.2, 0) is 0 Å². The standard InChI is InChI=1S/C14H13N3O2/c1-15-14(19)11-4-2-3-5-12(11)17-13(18)10-6-8-16-9-7-10/h2-9H,1H3,(H,15,19)(H,17,18). The van der Waals surface area contributed by atoms with Gasteiger partial charge in [0.1, 0.15) is 0 Å². The van der Waals surface area contributed by atoms with Crippen LogP contribution >= 0.6 is 0 Å². The lowest BCUT2D eigenvalue weighted by Gasteiger charge is -2.09. The van der Waals surface area contributed by atoms with Crippen LogP contribution in [0.4, 0.5) is 5.69 Å². The Morgan fingerprint density at radius 3 is 2.37 bits per heavy atom. The molecule has 0 radical (unpaired) electrons. The maximum atomic E-state index is 12.0. The van der Waals surface area contributed by atoms with E-state index in [2.05, 4.69) is 15.6 Å². The first-order valence-corrected chi connectivity index (χ1v) is 5.75. The topological polar surface area (TPSA) is 71.1 Å². The Morgan fingerprint density at radius 1 is 1.00 bits per heavy atom. The van der Waals surface area contributed by atoms with E-state index in [1.165, 1.54) is 0 Å². The van der Waals surface area contributed by atoms with E-state index in [1.54, 1.807) is 55.8 Å². The summed E-state index contributed by atoms with van der Waals surface area (Å²) in [5, 5.41) is 5.25. The molecule has 0 aliphatic rings. The minimum Gasteiger partial charge on any atom is -0.355 e. The van der Waals surface area contributed by atoms with Crippen molar-refractivity contribution in [3.05, 3.63) is 59.9 Å². The van der Waals surface area contributed by atoms with E-state index in [-0.39, 0.29) is 11.8 Å². The van der Waals surface area contributed by atoms with Crippen molar-refractivity contribution in [1.82, 2.24) is 10.3 Å². The summed E-state index contributed by atoms with van der Waals surface area (Å²) in [5.74, 6) is -0.524. The van der Waals surface area contributed by atoms with Crippen LogP contribution in [0.1, 0.15) is 20.7 Å². The average molecular weight is 255 g/mol. The van der Waals surface area contributed by atoms with Gasteiger partial charge in [0, 0.05) is 25.0 Å². The van der Waals surface area contributed by atoms with Gasteiger partial charge in [-0.05, 0) is 24.3 Å². The van der Waals surface area contributed by atoms with Crippen molar-refractivity contribution >= 4 is 17.5 Å². The van der Waals surface area contributed by atoms with Gasteiger partial charge in [0.05, 0.1) is 11.3 Å². The number of benzene rings is 1. The van der Waals surface area contributed by atoms with Crippen LogP contribution in [0.25, 0.3) is 0 Å². The fourth-order valence-corrected chi connectivity index (χ4v) is 1.62. The van der Waals surface area contributed by atoms with Gasteiger partial charge in [-0.1, -0.05) is 12.1 Å². The molecular formula is C14H13N3O2. The summed E-state index contributed by atoms with van der Waals surface area (Å²) in [5.41, 5.74) is 1.39. The first kappa shape index (κ1) is 12.8. The molecule has 2 amide bonds. The summed E-state index contributed by atoms with van der Waals surface area (Å²) in [6.45, 7) is 0. The van der Waals surface area contributed by atoms with Gasteiger partial charge in [-0.3, -0.25) is 14.6 Å². The molecule has 2 aromatic rings. The Kier molecular flexibility index (Phi) is 3.87. The second kappa shape index (κ2) is 5.77. The highest BCUT2D eigenvalue weighted by molar-refractivity contribution is 6.08. The number of hydrogen-bond donors (Lipinski definition) is 2. The van der Waals surface area contributed by atoms with E-state index in [4.69, 9.17) is 0 Å². The zero-order valence-corrected chi connectivity index (χ0v) is 10.4. The fourth-order valence-electron chi connectivity index (χ4n) is 1.62. The van der Waals surface area contributed by atoms with Crippen LogP contribution in [0.3, 0.4) is 0 Å². The van der Waals surface area contributed by atoms with E-state index < -0.39 is 0 Å². The molecule has 0 unspecified atom stereocenters. The third-order valence-electron chi connectivity index (χ3n) is 2.59. The number of para-hydroxylation sites is 1. The molecule has 1 aromatic heterocycles. The number of carbonyl (C=O) groups is 2. The van der Waals surface area contributed by atoms with Crippen molar-refractivity contribution < 1.29 is 9.59 Å². The van der Waals surface area contributed by atoms with Crippen molar-refractivity contribution in [2.45, 2.75) is 0 Å². The number of amides is 2. The molecule has 0 bridgehead atoms. The molecule has 19 heavy (non-hydrogen) atoms. The number of hydrogen-bond acceptors (Lipinski definition) is 3. The maximum Gasteiger partial charge on any atom is 0.255 e. The molecule has 2 N–H and O–H groups in total. The number of aromatic nitrogens is 1. The van der Waals surface area contributed by atoms with Crippen molar-refractivity contribution in [3.63, 3.8) is 0 Å². The van der Waals surface area contributed by atoms with Crippen LogP contribution < -0.4 is 10.6 Å². The highest BCUT2D eigenvalue weighted by Gasteiger charge is 2.12. The summed E-state index contributed by atoms with van der Waals surface area (Å²) in [7, 11) is 1.55. The molecule has 0 aliphatic carbocycles. The predicted molar refractivity (Wildman–Crippen MR) is 72.0 cm³/mol. The number of nitrogens with zero attached hydrogens (tertiary/aromatic N) is 1. The molecular weight excluding hydrogens is 242 g/mol. The Balaban J connectivity index is 2.25. The minimum absolute atomic E-state index is 0.245. The number of carbonyl (C=O) groups excluding carboxylic acids is 2. The van der Waals surface area contributed by atoms with E-state index in [1.807, 2.05) is 0 Å². The molecule has 1 heterocycles. The molecule has 0 saturated heterocycles. The molecule has 0 saturated carbocycles. The van der Waals surface area contributed by atoms with E-state index in [9.17, 15) is 9.59 Å². The van der Waals surface area contributed by atoms with Crippen molar-refractivity contribution in [2.75, 3.05) is 12.4 Å². The van der Waals surface area contributed by atoms with Crippen molar-refractivity contribution in [2.24, 2.45) is 0 Å². The highest BCUT2D eigenvalue weighted by Crippen LogP contribution is 2.15. The van der Waals surface area contributed by atoms with E-state index in [0.29, 0.717) is 16.8 Å². The van der Waals surface area contributed by atoms with Gasteiger partial charge in [-0.2, -0.15) is 0 Å². The Hall–Kier alpha value is -2.69.